The topological polar surface area (TPSA) is 74.1 Å². The molecule has 1 aliphatic carbocycles. The molecule has 1 saturated carbocycles. The molecular formula is C18H22N4O2. The van der Waals surface area contributed by atoms with Crippen LogP contribution in [0.25, 0.3) is 0 Å². The van der Waals surface area contributed by atoms with E-state index in [4.69, 9.17) is 0 Å². The molecule has 1 N–H and O–H groups in total. The molecule has 1 unspecified atom stereocenters. The Balaban J connectivity index is 1.38. The average molecular weight is 326 g/mol. The van der Waals surface area contributed by atoms with Gasteiger partial charge in [0.1, 0.15) is 0 Å². The molecule has 24 heavy (non-hydrogen) atoms. The van der Waals surface area contributed by atoms with E-state index in [-0.39, 0.29) is 17.7 Å². The second-order valence-corrected chi connectivity index (χ2v) is 6.94. The molecule has 3 aliphatic rings. The summed E-state index contributed by atoms with van der Waals surface area (Å²) >= 11 is 0. The van der Waals surface area contributed by atoms with Crippen molar-refractivity contribution in [3.63, 3.8) is 0 Å². The van der Waals surface area contributed by atoms with Crippen molar-refractivity contribution in [1.29, 1.82) is 0 Å². The average Bonchev–Trinajstić information content (AvgIpc) is 3.44. The van der Waals surface area contributed by atoms with E-state index in [0.717, 1.165) is 24.7 Å². The molecule has 1 atom stereocenters. The van der Waals surface area contributed by atoms with Crippen molar-refractivity contribution < 1.29 is 9.59 Å². The second kappa shape index (κ2) is 6.43. The number of nitrogens with zero attached hydrogens (tertiary/aromatic N) is 3. The number of carbonyl (C=O) groups excluding carboxylic acids is 2. The van der Waals surface area contributed by atoms with E-state index in [1.54, 1.807) is 0 Å². The molecule has 1 saturated heterocycles. The van der Waals surface area contributed by atoms with Crippen LogP contribution in [0.4, 0.5) is 0 Å². The lowest BCUT2D eigenvalue weighted by molar-refractivity contribution is -0.127. The van der Waals surface area contributed by atoms with Gasteiger partial charge in [0, 0.05) is 25.6 Å². The van der Waals surface area contributed by atoms with Gasteiger partial charge in [0.25, 0.3) is 5.91 Å². The Hall–Kier alpha value is -2.08. The highest BCUT2D eigenvalue weighted by molar-refractivity contribution is 5.83. The molecule has 1 aromatic rings. The minimum Gasteiger partial charge on any atom is -0.356 e. The largest absolute Gasteiger partial charge is 0.356 e. The summed E-state index contributed by atoms with van der Waals surface area (Å²) in [5.74, 6) is 0.728. The van der Waals surface area contributed by atoms with E-state index in [0.29, 0.717) is 24.4 Å². The fraction of sp³-hybridized carbons (Fsp3) is 0.556. The Morgan fingerprint density at radius 3 is 2.54 bits per heavy atom. The Morgan fingerprint density at radius 1 is 1.12 bits per heavy atom. The van der Waals surface area contributed by atoms with Crippen LogP contribution in [0.15, 0.2) is 34.3 Å². The van der Waals surface area contributed by atoms with Gasteiger partial charge in [0.2, 0.25) is 5.91 Å². The van der Waals surface area contributed by atoms with Crippen LogP contribution in [-0.2, 0) is 9.59 Å². The number of carbonyl (C=O) groups is 2. The van der Waals surface area contributed by atoms with Gasteiger partial charge in [-0.1, -0.05) is 12.1 Å². The maximum absolute atomic E-state index is 12.3. The highest BCUT2D eigenvalue weighted by atomic mass is 16.2. The molecule has 2 heterocycles. The summed E-state index contributed by atoms with van der Waals surface area (Å²) in [6, 6.07) is 7.46. The summed E-state index contributed by atoms with van der Waals surface area (Å²) in [6.45, 7) is 2.24. The third kappa shape index (κ3) is 3.24. The molecule has 2 aliphatic heterocycles. The van der Waals surface area contributed by atoms with Gasteiger partial charge in [0.15, 0.2) is 6.17 Å². The third-order valence-corrected chi connectivity index (χ3v) is 5.10. The number of fused-ring (bicyclic) bond motifs is 1. The molecule has 6 heteroatoms. The summed E-state index contributed by atoms with van der Waals surface area (Å²) in [5.41, 5.74) is 0. The van der Waals surface area contributed by atoms with E-state index in [1.807, 2.05) is 29.2 Å². The quantitative estimate of drug-likeness (QED) is 0.848. The normalized spacial score (nSPS) is 24.7. The number of benzene rings is 1. The molecule has 2 fully saturated rings. The first-order valence-corrected chi connectivity index (χ1v) is 8.78. The highest BCUT2D eigenvalue weighted by Crippen LogP contribution is 2.28. The lowest BCUT2D eigenvalue weighted by atomic mass is 9.95. The number of piperidine rings is 1. The van der Waals surface area contributed by atoms with Crippen molar-refractivity contribution >= 4 is 11.8 Å². The van der Waals surface area contributed by atoms with Gasteiger partial charge in [-0.05, 0) is 43.7 Å². The van der Waals surface area contributed by atoms with Gasteiger partial charge in [0.05, 0.1) is 10.7 Å². The molecule has 0 bridgehead atoms. The van der Waals surface area contributed by atoms with E-state index in [9.17, 15) is 9.59 Å². The molecule has 0 aromatic heterocycles. The molecule has 0 radical (unpaired) electrons. The van der Waals surface area contributed by atoms with Gasteiger partial charge < -0.3 is 5.32 Å². The van der Waals surface area contributed by atoms with Crippen molar-refractivity contribution in [2.45, 2.75) is 31.8 Å². The van der Waals surface area contributed by atoms with E-state index in [2.05, 4.69) is 15.3 Å². The lowest BCUT2D eigenvalue weighted by Gasteiger charge is -2.34. The standard InChI is InChI=1S/C18H22N4O2/c23-17(19-11-12-5-6-12)13-7-9-22(10-8-13)16-18(24)21-15-4-2-1-3-14(15)20-16/h1-4,12-13,16H,5-11H2,(H,19,23). The monoisotopic (exact) mass is 326 g/mol. The Labute approximate surface area is 140 Å². The van der Waals surface area contributed by atoms with Crippen LogP contribution in [0.1, 0.15) is 25.7 Å². The summed E-state index contributed by atoms with van der Waals surface area (Å²) in [7, 11) is 0. The Morgan fingerprint density at radius 2 is 1.83 bits per heavy atom. The van der Waals surface area contributed by atoms with E-state index < -0.39 is 6.17 Å². The number of likely N-dealkylation sites (tertiary alicyclic amines) is 1. The molecule has 0 spiro atoms. The maximum Gasteiger partial charge on any atom is 0.286 e. The van der Waals surface area contributed by atoms with Crippen LogP contribution >= 0.6 is 0 Å². The summed E-state index contributed by atoms with van der Waals surface area (Å²) in [6.07, 6.45) is 3.51. The zero-order valence-corrected chi connectivity index (χ0v) is 13.6. The van der Waals surface area contributed by atoms with Gasteiger partial charge in [-0.15, -0.1) is 0 Å². The minimum absolute atomic E-state index is 0.0583. The fourth-order valence-corrected chi connectivity index (χ4v) is 3.39. The smallest absolute Gasteiger partial charge is 0.286 e. The SMILES string of the molecule is O=C(NCC1CC1)C1CCN(C2N=c3ccccc3=NC2=O)CC1. The first-order chi connectivity index (χ1) is 11.7. The van der Waals surface area contributed by atoms with Crippen molar-refractivity contribution in [3.8, 4) is 0 Å². The van der Waals surface area contributed by atoms with Gasteiger partial charge in [-0.25, -0.2) is 4.99 Å². The molecule has 2 amide bonds. The van der Waals surface area contributed by atoms with Crippen LogP contribution in [-0.4, -0.2) is 42.5 Å². The second-order valence-electron chi connectivity index (χ2n) is 6.94. The highest BCUT2D eigenvalue weighted by Gasteiger charge is 2.33. The number of hydrogen-bond donors (Lipinski definition) is 1. The number of hydrogen-bond acceptors (Lipinski definition) is 4. The van der Waals surface area contributed by atoms with Gasteiger partial charge in [-0.3, -0.25) is 19.5 Å². The summed E-state index contributed by atoms with van der Waals surface area (Å²) < 4.78 is 0. The number of para-hydroxylation sites is 2. The Bertz CT molecular complexity index is 763. The van der Waals surface area contributed by atoms with Crippen LogP contribution in [0.2, 0.25) is 0 Å². The summed E-state index contributed by atoms with van der Waals surface area (Å²) in [5, 5.41) is 4.48. The van der Waals surface area contributed by atoms with Gasteiger partial charge in [-0.2, -0.15) is 0 Å². The van der Waals surface area contributed by atoms with Crippen molar-refractivity contribution in [2.75, 3.05) is 19.6 Å². The number of rotatable bonds is 4. The first kappa shape index (κ1) is 15.4. The number of amides is 2. The van der Waals surface area contributed by atoms with Gasteiger partial charge >= 0.3 is 0 Å². The predicted octanol–water partition coefficient (Wildman–Crippen LogP) is 0.0303. The minimum atomic E-state index is -0.532. The van der Waals surface area contributed by atoms with Crippen LogP contribution in [0.5, 0.6) is 0 Å². The molecule has 126 valence electrons. The maximum atomic E-state index is 12.3. The van der Waals surface area contributed by atoms with Crippen molar-refractivity contribution in [3.05, 3.63) is 35.0 Å². The van der Waals surface area contributed by atoms with E-state index in [1.165, 1.54) is 12.8 Å². The Kier molecular flexibility index (Phi) is 4.14. The van der Waals surface area contributed by atoms with Crippen LogP contribution in [0, 0.1) is 11.8 Å². The fourth-order valence-electron chi connectivity index (χ4n) is 3.39. The van der Waals surface area contributed by atoms with Crippen molar-refractivity contribution in [2.24, 2.45) is 21.8 Å². The first-order valence-electron chi connectivity index (χ1n) is 8.78. The predicted molar refractivity (Wildman–Crippen MR) is 87.6 cm³/mol. The van der Waals surface area contributed by atoms with E-state index >= 15 is 0 Å². The molecule has 6 nitrogen and oxygen atoms in total. The molecule has 1 aromatic carbocycles. The molecular weight excluding hydrogens is 304 g/mol. The zero-order valence-electron chi connectivity index (χ0n) is 13.6. The third-order valence-electron chi connectivity index (χ3n) is 5.10. The van der Waals surface area contributed by atoms with Crippen LogP contribution in [0.3, 0.4) is 0 Å². The zero-order chi connectivity index (χ0) is 16.5. The lowest BCUT2D eigenvalue weighted by Crippen LogP contribution is -2.50. The summed E-state index contributed by atoms with van der Waals surface area (Å²) in [4.78, 5) is 35.3. The van der Waals surface area contributed by atoms with Crippen molar-refractivity contribution in [1.82, 2.24) is 10.2 Å². The van der Waals surface area contributed by atoms with Crippen LogP contribution < -0.4 is 16.0 Å². The number of nitrogens with one attached hydrogen (secondary N) is 1. The molecule has 4 rings (SSSR count).